The molecular formula is C8H16NO. The van der Waals surface area contributed by atoms with Gasteiger partial charge < -0.3 is 4.84 Å². The number of hydrogen-bond donors (Lipinski definition) is 0. The SMILES string of the molecule is [CH2]CC1CCCCN1OC. The highest BCUT2D eigenvalue weighted by Crippen LogP contribution is 2.18. The van der Waals surface area contributed by atoms with E-state index in [1.54, 1.807) is 7.11 Å². The summed E-state index contributed by atoms with van der Waals surface area (Å²) in [7, 11) is 1.74. The maximum absolute atomic E-state index is 5.19. The zero-order chi connectivity index (χ0) is 7.40. The van der Waals surface area contributed by atoms with E-state index in [0.717, 1.165) is 13.0 Å². The quantitative estimate of drug-likeness (QED) is 0.581. The van der Waals surface area contributed by atoms with E-state index < -0.39 is 0 Å². The molecular weight excluding hydrogens is 126 g/mol. The third-order valence-corrected chi connectivity index (χ3v) is 2.14. The molecule has 1 aliphatic rings. The Morgan fingerprint density at radius 1 is 1.60 bits per heavy atom. The lowest BCUT2D eigenvalue weighted by Crippen LogP contribution is -2.37. The van der Waals surface area contributed by atoms with Gasteiger partial charge in [-0.1, -0.05) is 13.3 Å². The lowest BCUT2D eigenvalue weighted by Gasteiger charge is -2.32. The highest BCUT2D eigenvalue weighted by molar-refractivity contribution is 4.71. The molecule has 59 valence electrons. The predicted octanol–water partition coefficient (Wildman–Crippen LogP) is 1.63. The largest absolute Gasteiger partial charge is 0.302 e. The van der Waals surface area contributed by atoms with Crippen molar-refractivity contribution in [2.24, 2.45) is 0 Å². The van der Waals surface area contributed by atoms with Crippen LogP contribution in [0.5, 0.6) is 0 Å². The van der Waals surface area contributed by atoms with Gasteiger partial charge in [0.25, 0.3) is 0 Å². The average molecular weight is 142 g/mol. The van der Waals surface area contributed by atoms with E-state index in [2.05, 4.69) is 12.0 Å². The number of piperidine rings is 1. The second-order valence-electron chi connectivity index (χ2n) is 2.76. The van der Waals surface area contributed by atoms with Crippen molar-refractivity contribution in [2.75, 3.05) is 13.7 Å². The molecule has 0 aromatic heterocycles. The summed E-state index contributed by atoms with van der Waals surface area (Å²) < 4.78 is 0. The molecule has 1 rings (SSSR count). The first-order valence-electron chi connectivity index (χ1n) is 3.98. The normalized spacial score (nSPS) is 28.8. The molecule has 1 radical (unpaired) electrons. The molecule has 1 heterocycles. The van der Waals surface area contributed by atoms with Crippen molar-refractivity contribution in [1.29, 1.82) is 0 Å². The molecule has 2 nitrogen and oxygen atoms in total. The fourth-order valence-corrected chi connectivity index (χ4v) is 1.50. The number of hydrogen-bond acceptors (Lipinski definition) is 2. The third-order valence-electron chi connectivity index (χ3n) is 2.14. The Kier molecular flexibility index (Phi) is 3.16. The molecule has 0 amide bonds. The van der Waals surface area contributed by atoms with Gasteiger partial charge in [0.05, 0.1) is 7.11 Å². The molecule has 1 saturated heterocycles. The summed E-state index contributed by atoms with van der Waals surface area (Å²) in [6, 6.07) is 0.568. The van der Waals surface area contributed by atoms with E-state index in [1.807, 2.05) is 0 Å². The average Bonchev–Trinajstić information content (AvgIpc) is 2.04. The number of hydroxylamine groups is 2. The van der Waals surface area contributed by atoms with Crippen LogP contribution in [0.15, 0.2) is 0 Å². The van der Waals surface area contributed by atoms with Crippen LogP contribution >= 0.6 is 0 Å². The van der Waals surface area contributed by atoms with Crippen molar-refractivity contribution in [2.45, 2.75) is 31.7 Å². The fourth-order valence-electron chi connectivity index (χ4n) is 1.50. The molecule has 0 spiro atoms. The molecule has 0 aromatic rings. The Bertz CT molecular complexity index is 83.3. The molecule has 1 atom stereocenters. The third kappa shape index (κ3) is 1.70. The van der Waals surface area contributed by atoms with E-state index in [0.29, 0.717) is 6.04 Å². The second kappa shape index (κ2) is 3.94. The Balaban J connectivity index is 2.34. The van der Waals surface area contributed by atoms with Crippen molar-refractivity contribution in [3.63, 3.8) is 0 Å². The fraction of sp³-hybridized carbons (Fsp3) is 0.875. The predicted molar refractivity (Wildman–Crippen MR) is 41.3 cm³/mol. The first kappa shape index (κ1) is 8.02. The molecule has 1 fully saturated rings. The van der Waals surface area contributed by atoms with Gasteiger partial charge in [-0.05, 0) is 19.3 Å². The van der Waals surface area contributed by atoms with Crippen LogP contribution in [-0.2, 0) is 4.84 Å². The monoisotopic (exact) mass is 142 g/mol. The number of nitrogens with zero attached hydrogens (tertiary/aromatic N) is 1. The summed E-state index contributed by atoms with van der Waals surface area (Å²) in [6.45, 7) is 4.97. The van der Waals surface area contributed by atoms with Gasteiger partial charge in [0.1, 0.15) is 0 Å². The zero-order valence-corrected chi connectivity index (χ0v) is 6.68. The van der Waals surface area contributed by atoms with Crippen LogP contribution in [0.2, 0.25) is 0 Å². The Morgan fingerprint density at radius 3 is 2.90 bits per heavy atom. The minimum absolute atomic E-state index is 0.568. The second-order valence-corrected chi connectivity index (χ2v) is 2.76. The highest BCUT2D eigenvalue weighted by atomic mass is 16.7. The molecule has 0 bridgehead atoms. The van der Waals surface area contributed by atoms with E-state index in [-0.39, 0.29) is 0 Å². The molecule has 0 aromatic carbocycles. The molecule has 10 heavy (non-hydrogen) atoms. The molecule has 0 N–H and O–H groups in total. The van der Waals surface area contributed by atoms with Crippen LogP contribution in [-0.4, -0.2) is 24.8 Å². The van der Waals surface area contributed by atoms with Crippen molar-refractivity contribution in [3.8, 4) is 0 Å². The lowest BCUT2D eigenvalue weighted by molar-refractivity contribution is -0.173. The van der Waals surface area contributed by atoms with Crippen LogP contribution in [0.4, 0.5) is 0 Å². The van der Waals surface area contributed by atoms with Crippen molar-refractivity contribution >= 4 is 0 Å². The first-order valence-corrected chi connectivity index (χ1v) is 3.98. The minimum Gasteiger partial charge on any atom is -0.302 e. The topological polar surface area (TPSA) is 12.5 Å². The van der Waals surface area contributed by atoms with Gasteiger partial charge in [-0.15, -0.1) is 0 Å². The molecule has 0 aliphatic carbocycles. The summed E-state index contributed by atoms with van der Waals surface area (Å²) in [5.41, 5.74) is 0. The molecule has 1 aliphatic heterocycles. The van der Waals surface area contributed by atoms with Gasteiger partial charge in [-0.2, -0.15) is 5.06 Å². The summed E-state index contributed by atoms with van der Waals surface area (Å²) in [5, 5.41) is 2.05. The zero-order valence-electron chi connectivity index (χ0n) is 6.68. The summed E-state index contributed by atoms with van der Waals surface area (Å²) in [4.78, 5) is 5.19. The van der Waals surface area contributed by atoms with Crippen molar-refractivity contribution in [3.05, 3.63) is 6.92 Å². The van der Waals surface area contributed by atoms with Crippen molar-refractivity contribution < 1.29 is 4.84 Å². The summed E-state index contributed by atoms with van der Waals surface area (Å²) in [5.74, 6) is 0. The molecule has 0 saturated carbocycles. The van der Waals surface area contributed by atoms with Crippen molar-refractivity contribution in [1.82, 2.24) is 5.06 Å². The van der Waals surface area contributed by atoms with E-state index in [9.17, 15) is 0 Å². The highest BCUT2D eigenvalue weighted by Gasteiger charge is 2.19. The van der Waals surface area contributed by atoms with Crippen LogP contribution in [0.1, 0.15) is 25.7 Å². The first-order chi connectivity index (χ1) is 4.88. The van der Waals surface area contributed by atoms with Crippen LogP contribution in [0.3, 0.4) is 0 Å². The summed E-state index contributed by atoms with van der Waals surface area (Å²) >= 11 is 0. The van der Waals surface area contributed by atoms with E-state index >= 15 is 0 Å². The van der Waals surface area contributed by atoms with Gasteiger partial charge in [-0.3, -0.25) is 0 Å². The van der Waals surface area contributed by atoms with Gasteiger partial charge in [0.2, 0.25) is 0 Å². The molecule has 2 heteroatoms. The Labute approximate surface area is 63.1 Å². The minimum atomic E-state index is 0.568. The molecule has 1 unspecified atom stereocenters. The van der Waals surface area contributed by atoms with Gasteiger partial charge in [0.15, 0.2) is 0 Å². The number of rotatable bonds is 2. The van der Waals surface area contributed by atoms with Crippen LogP contribution < -0.4 is 0 Å². The Morgan fingerprint density at radius 2 is 2.40 bits per heavy atom. The Hall–Kier alpha value is -0.0800. The van der Waals surface area contributed by atoms with Crippen LogP contribution in [0.25, 0.3) is 0 Å². The van der Waals surface area contributed by atoms with Gasteiger partial charge >= 0.3 is 0 Å². The van der Waals surface area contributed by atoms with Gasteiger partial charge in [0, 0.05) is 12.6 Å². The van der Waals surface area contributed by atoms with E-state index in [4.69, 9.17) is 4.84 Å². The van der Waals surface area contributed by atoms with Gasteiger partial charge in [-0.25, -0.2) is 0 Å². The van der Waals surface area contributed by atoms with Crippen LogP contribution in [0, 0.1) is 6.92 Å². The maximum atomic E-state index is 5.19. The van der Waals surface area contributed by atoms with E-state index in [1.165, 1.54) is 19.3 Å². The maximum Gasteiger partial charge on any atom is 0.0575 e. The standard InChI is InChI=1S/C8H16NO/c1-3-8-6-4-5-7-9(8)10-2/h8H,1,3-7H2,2H3. The summed E-state index contributed by atoms with van der Waals surface area (Å²) in [6.07, 6.45) is 4.82. The lowest BCUT2D eigenvalue weighted by atomic mass is 10.0. The smallest absolute Gasteiger partial charge is 0.0575 e.